The van der Waals surface area contributed by atoms with Crippen molar-refractivity contribution in [2.45, 2.75) is 38.1 Å². The molecule has 0 saturated carbocycles. The second-order valence-electron chi connectivity index (χ2n) is 6.87. The molecule has 0 radical (unpaired) electrons. The van der Waals surface area contributed by atoms with Gasteiger partial charge in [0.25, 0.3) is 0 Å². The van der Waals surface area contributed by atoms with E-state index in [1.165, 1.54) is 29.5 Å². The van der Waals surface area contributed by atoms with Crippen LogP contribution in [0.15, 0.2) is 50.8 Å². The maximum absolute atomic E-state index is 12.0. The summed E-state index contributed by atoms with van der Waals surface area (Å²) >= 11 is 1.44. The van der Waals surface area contributed by atoms with Crippen LogP contribution in [0.3, 0.4) is 0 Å². The maximum atomic E-state index is 12.0. The molecule has 0 unspecified atom stereocenters. The lowest BCUT2D eigenvalue weighted by Crippen LogP contribution is -2.03. The zero-order valence-corrected chi connectivity index (χ0v) is 17.2. The van der Waals surface area contributed by atoms with Gasteiger partial charge in [-0.05, 0) is 59.5 Å². The summed E-state index contributed by atoms with van der Waals surface area (Å²) < 4.78 is 6.97. The summed E-state index contributed by atoms with van der Waals surface area (Å²) in [6.07, 6.45) is 0.679. The van der Waals surface area contributed by atoms with Crippen molar-refractivity contribution in [1.82, 2.24) is 20.2 Å². The quantitative estimate of drug-likeness (QED) is 0.395. The number of hydrogen-bond acceptors (Lipinski definition) is 7. The molecule has 0 aliphatic heterocycles. The van der Waals surface area contributed by atoms with Crippen LogP contribution in [0.2, 0.25) is 0 Å². The molecular formula is C21H20N4O3S. The second kappa shape index (κ2) is 7.71. The van der Waals surface area contributed by atoms with E-state index in [-0.39, 0.29) is 5.75 Å². The minimum Gasteiger partial charge on any atom is -0.508 e. The van der Waals surface area contributed by atoms with E-state index in [9.17, 15) is 9.90 Å². The second-order valence-corrected chi connectivity index (χ2v) is 7.82. The number of aryl methyl sites for hydroxylation is 3. The van der Waals surface area contributed by atoms with Gasteiger partial charge in [-0.25, -0.2) is 4.79 Å². The first kappa shape index (κ1) is 19.2. The van der Waals surface area contributed by atoms with Gasteiger partial charge in [-0.2, -0.15) is 4.68 Å². The zero-order chi connectivity index (χ0) is 20.5. The van der Waals surface area contributed by atoms with Crippen LogP contribution in [0.25, 0.3) is 16.7 Å². The lowest BCUT2D eigenvalue weighted by molar-refractivity contribution is 0.466. The number of nitrogens with zero attached hydrogens (tertiary/aromatic N) is 4. The molecule has 0 fully saturated rings. The summed E-state index contributed by atoms with van der Waals surface area (Å²) in [5, 5.41) is 23.6. The summed E-state index contributed by atoms with van der Waals surface area (Å²) in [6.45, 7) is 6.03. The number of hydrogen-bond donors (Lipinski definition) is 1. The number of aromatic hydroxyl groups is 1. The Balaban J connectivity index is 1.69. The first-order valence-electron chi connectivity index (χ1n) is 9.23. The van der Waals surface area contributed by atoms with Crippen molar-refractivity contribution in [1.29, 1.82) is 0 Å². The molecule has 4 rings (SSSR count). The summed E-state index contributed by atoms with van der Waals surface area (Å²) in [5.41, 5.74) is 4.70. The van der Waals surface area contributed by atoms with Crippen molar-refractivity contribution < 1.29 is 9.52 Å². The highest BCUT2D eigenvalue weighted by molar-refractivity contribution is 7.98. The van der Waals surface area contributed by atoms with E-state index in [0.29, 0.717) is 22.9 Å². The molecule has 1 N–H and O–H groups in total. The van der Waals surface area contributed by atoms with E-state index in [1.54, 1.807) is 4.68 Å². The Bertz CT molecular complexity index is 1260. The fourth-order valence-electron chi connectivity index (χ4n) is 3.32. The monoisotopic (exact) mass is 408 g/mol. The molecule has 0 bridgehead atoms. The standard InChI is InChI=1S/C21H20N4O3S/c1-4-14-8-16-15(9-20(27)28-19(16)10-18(14)26)11-29-21-22-23-24-25(21)17-6-5-12(2)7-13(17)3/h5-10,26H,4,11H2,1-3H3. The first-order valence-corrected chi connectivity index (χ1v) is 10.2. The van der Waals surface area contributed by atoms with Crippen molar-refractivity contribution in [2.24, 2.45) is 0 Å². The highest BCUT2D eigenvalue weighted by Crippen LogP contribution is 2.30. The van der Waals surface area contributed by atoms with Gasteiger partial charge in [0.05, 0.1) is 5.69 Å². The molecule has 0 amide bonds. The minimum absolute atomic E-state index is 0.131. The molecule has 148 valence electrons. The van der Waals surface area contributed by atoms with Crippen LogP contribution in [-0.4, -0.2) is 25.3 Å². The van der Waals surface area contributed by atoms with Gasteiger partial charge in [0.1, 0.15) is 11.3 Å². The third kappa shape index (κ3) is 3.75. The van der Waals surface area contributed by atoms with Crippen LogP contribution in [0.5, 0.6) is 5.75 Å². The molecule has 0 aliphatic rings. The van der Waals surface area contributed by atoms with Gasteiger partial charge < -0.3 is 9.52 Å². The highest BCUT2D eigenvalue weighted by atomic mass is 32.2. The Morgan fingerprint density at radius 2 is 1.97 bits per heavy atom. The molecule has 2 aromatic heterocycles. The van der Waals surface area contributed by atoms with E-state index in [1.807, 2.05) is 39.0 Å². The number of phenolic OH excluding ortho intramolecular Hbond substituents is 1. The number of phenols is 1. The molecule has 0 spiro atoms. The van der Waals surface area contributed by atoms with E-state index in [2.05, 4.69) is 21.6 Å². The molecule has 8 heteroatoms. The summed E-state index contributed by atoms with van der Waals surface area (Å²) in [5.74, 6) is 0.619. The maximum Gasteiger partial charge on any atom is 0.336 e. The Labute approximate surface area is 171 Å². The van der Waals surface area contributed by atoms with Gasteiger partial charge in [-0.1, -0.05) is 36.4 Å². The van der Waals surface area contributed by atoms with Gasteiger partial charge in [0.15, 0.2) is 0 Å². The SMILES string of the molecule is CCc1cc2c(CSc3nnnn3-c3ccc(C)cc3C)cc(=O)oc2cc1O. The molecule has 0 aliphatic carbocycles. The van der Waals surface area contributed by atoms with Crippen molar-refractivity contribution in [3.63, 3.8) is 0 Å². The van der Waals surface area contributed by atoms with Gasteiger partial charge in [-0.3, -0.25) is 0 Å². The minimum atomic E-state index is -0.453. The van der Waals surface area contributed by atoms with Gasteiger partial charge in [0.2, 0.25) is 5.16 Å². The van der Waals surface area contributed by atoms with Crippen molar-refractivity contribution in [2.75, 3.05) is 0 Å². The summed E-state index contributed by atoms with van der Waals surface area (Å²) in [4.78, 5) is 12.0. The lowest BCUT2D eigenvalue weighted by Gasteiger charge is -2.10. The average Bonchev–Trinajstić information content (AvgIpc) is 3.13. The number of thioether (sulfide) groups is 1. The first-order chi connectivity index (χ1) is 14.0. The van der Waals surface area contributed by atoms with Gasteiger partial charge in [0, 0.05) is 23.3 Å². The predicted molar refractivity (Wildman–Crippen MR) is 112 cm³/mol. The number of aromatic nitrogens is 4. The topological polar surface area (TPSA) is 94.0 Å². The van der Waals surface area contributed by atoms with E-state index in [4.69, 9.17) is 4.42 Å². The summed E-state index contributed by atoms with van der Waals surface area (Å²) in [7, 11) is 0. The molecule has 0 atom stereocenters. The summed E-state index contributed by atoms with van der Waals surface area (Å²) in [6, 6.07) is 11.0. The Kier molecular flexibility index (Phi) is 5.10. The van der Waals surface area contributed by atoms with E-state index < -0.39 is 5.63 Å². The Morgan fingerprint density at radius 3 is 2.72 bits per heavy atom. The number of fused-ring (bicyclic) bond motifs is 1. The Hall–Kier alpha value is -3.13. The van der Waals surface area contributed by atoms with Crippen LogP contribution < -0.4 is 5.63 Å². The van der Waals surface area contributed by atoms with Crippen LogP contribution in [0.4, 0.5) is 0 Å². The van der Waals surface area contributed by atoms with Gasteiger partial charge in [-0.15, -0.1) is 5.10 Å². The normalized spacial score (nSPS) is 11.3. The fraction of sp³-hybridized carbons (Fsp3) is 0.238. The predicted octanol–water partition coefficient (Wildman–Crippen LogP) is 3.95. The third-order valence-electron chi connectivity index (χ3n) is 4.79. The molecule has 0 saturated heterocycles. The molecular weight excluding hydrogens is 388 g/mol. The number of rotatable bonds is 5. The van der Waals surface area contributed by atoms with Crippen LogP contribution in [0, 0.1) is 13.8 Å². The molecule has 2 aromatic carbocycles. The van der Waals surface area contributed by atoms with Crippen molar-refractivity contribution in [3.05, 3.63) is 69.1 Å². The van der Waals surface area contributed by atoms with Crippen LogP contribution in [-0.2, 0) is 12.2 Å². The molecule has 2 heterocycles. The smallest absolute Gasteiger partial charge is 0.336 e. The van der Waals surface area contributed by atoms with E-state index in [0.717, 1.165) is 27.8 Å². The van der Waals surface area contributed by atoms with Gasteiger partial charge >= 0.3 is 5.63 Å². The third-order valence-corrected chi connectivity index (χ3v) is 5.76. The van der Waals surface area contributed by atoms with Crippen molar-refractivity contribution >= 4 is 22.7 Å². The average molecular weight is 408 g/mol. The molecule has 7 nitrogen and oxygen atoms in total. The lowest BCUT2D eigenvalue weighted by atomic mass is 10.1. The molecule has 29 heavy (non-hydrogen) atoms. The van der Waals surface area contributed by atoms with Crippen LogP contribution >= 0.6 is 11.8 Å². The number of tetrazole rings is 1. The highest BCUT2D eigenvalue weighted by Gasteiger charge is 2.14. The van der Waals surface area contributed by atoms with Crippen molar-refractivity contribution in [3.8, 4) is 11.4 Å². The zero-order valence-electron chi connectivity index (χ0n) is 16.3. The number of benzene rings is 2. The fourth-order valence-corrected chi connectivity index (χ4v) is 4.19. The van der Waals surface area contributed by atoms with E-state index >= 15 is 0 Å². The largest absolute Gasteiger partial charge is 0.508 e. The molecule has 4 aromatic rings. The van der Waals surface area contributed by atoms with Crippen LogP contribution in [0.1, 0.15) is 29.2 Å². The Morgan fingerprint density at radius 1 is 1.14 bits per heavy atom.